The average Bonchev–Trinajstić information content (AvgIpc) is 2.48. The second kappa shape index (κ2) is 5.50. The van der Waals surface area contributed by atoms with Crippen LogP contribution in [-0.4, -0.2) is 29.2 Å². The minimum Gasteiger partial charge on any atom is -0.458 e. The molecule has 2 bridgehead atoms. The van der Waals surface area contributed by atoms with Crippen molar-refractivity contribution in [2.75, 3.05) is 13.1 Å². The van der Waals surface area contributed by atoms with Crippen molar-refractivity contribution in [3.8, 4) is 6.07 Å². The van der Waals surface area contributed by atoms with Gasteiger partial charge in [-0.05, 0) is 26.3 Å². The molecule has 0 aliphatic carbocycles. The number of aromatic nitrogens is 1. The highest BCUT2D eigenvalue weighted by atomic mass is 16.6. The van der Waals surface area contributed by atoms with Crippen LogP contribution >= 0.6 is 0 Å². The minimum absolute atomic E-state index is 0.0810. The third-order valence-electron chi connectivity index (χ3n) is 4.76. The van der Waals surface area contributed by atoms with Crippen LogP contribution in [0.1, 0.15) is 38.3 Å². The Hall–Kier alpha value is -2.13. The fourth-order valence-corrected chi connectivity index (χ4v) is 3.60. The number of carbonyl (C=O) groups is 1. The number of ether oxygens (including phenoxy) is 1. The first-order chi connectivity index (χ1) is 10.9. The fourth-order valence-electron chi connectivity index (χ4n) is 3.60. The fraction of sp³-hybridized carbons (Fsp3) is 0.588. The molecule has 3 heterocycles. The molecule has 0 spiro atoms. The van der Waals surface area contributed by atoms with Crippen molar-refractivity contribution < 1.29 is 9.53 Å². The summed E-state index contributed by atoms with van der Waals surface area (Å²) in [5.74, 6) is -0.200. The van der Waals surface area contributed by atoms with Gasteiger partial charge in [0.05, 0.1) is 17.9 Å². The Morgan fingerprint density at radius 2 is 2.35 bits per heavy atom. The zero-order valence-corrected chi connectivity index (χ0v) is 13.5. The maximum absolute atomic E-state index is 12.9. The molecule has 1 fully saturated rings. The molecule has 2 atom stereocenters. The number of carbonyl (C=O) groups excluding carboxylic acids is 1. The zero-order valence-electron chi connectivity index (χ0n) is 13.5. The number of nitrogens with zero attached hydrogens (tertiary/aromatic N) is 2. The highest BCUT2D eigenvalue weighted by molar-refractivity contribution is 5.78. The van der Waals surface area contributed by atoms with E-state index in [1.165, 1.54) is 6.07 Å². The van der Waals surface area contributed by atoms with Crippen LogP contribution in [0.25, 0.3) is 0 Å². The Bertz CT molecular complexity index is 731. The van der Waals surface area contributed by atoms with Gasteiger partial charge in [0.2, 0.25) is 0 Å². The lowest BCUT2D eigenvalue weighted by molar-refractivity contribution is -0.172. The van der Waals surface area contributed by atoms with E-state index in [0.717, 1.165) is 12.2 Å². The first kappa shape index (κ1) is 15.8. The highest BCUT2D eigenvalue weighted by Crippen LogP contribution is 2.42. The van der Waals surface area contributed by atoms with Gasteiger partial charge in [-0.15, -0.1) is 0 Å². The number of nitrogens with one attached hydrogen (secondary N) is 1. The monoisotopic (exact) mass is 315 g/mol. The molecule has 23 heavy (non-hydrogen) atoms. The first-order valence-corrected chi connectivity index (χ1v) is 7.88. The lowest BCUT2D eigenvalue weighted by Crippen LogP contribution is -2.57. The molecule has 0 unspecified atom stereocenters. The molecule has 1 aromatic rings. The van der Waals surface area contributed by atoms with Gasteiger partial charge in [-0.2, -0.15) is 5.26 Å². The van der Waals surface area contributed by atoms with E-state index in [2.05, 4.69) is 5.32 Å². The normalized spacial score (nSPS) is 26.0. The van der Waals surface area contributed by atoms with E-state index in [4.69, 9.17) is 10.00 Å². The van der Waals surface area contributed by atoms with Crippen molar-refractivity contribution >= 4 is 5.97 Å². The summed E-state index contributed by atoms with van der Waals surface area (Å²) in [5, 5.41) is 12.2. The highest BCUT2D eigenvalue weighted by Gasteiger charge is 2.50. The van der Waals surface area contributed by atoms with Crippen LogP contribution in [0.15, 0.2) is 23.0 Å². The SMILES string of the molecule is CC(C)(CC#N)OC(=O)[C@@]12CNC[C@@H](C1)c1cccc(=O)n1C2. The molecule has 122 valence electrons. The molecule has 6 nitrogen and oxygen atoms in total. The number of fused-ring (bicyclic) bond motifs is 4. The molecular formula is C17H21N3O3. The van der Waals surface area contributed by atoms with E-state index in [-0.39, 0.29) is 23.9 Å². The largest absolute Gasteiger partial charge is 0.458 e. The Labute approximate surface area is 135 Å². The molecule has 2 aliphatic heterocycles. The Morgan fingerprint density at radius 3 is 3.09 bits per heavy atom. The van der Waals surface area contributed by atoms with Crippen molar-refractivity contribution in [3.05, 3.63) is 34.2 Å². The van der Waals surface area contributed by atoms with Crippen LogP contribution < -0.4 is 10.9 Å². The Morgan fingerprint density at radius 1 is 1.57 bits per heavy atom. The average molecular weight is 315 g/mol. The smallest absolute Gasteiger partial charge is 0.315 e. The number of pyridine rings is 1. The summed E-state index contributed by atoms with van der Waals surface area (Å²) in [7, 11) is 0. The predicted molar refractivity (Wildman–Crippen MR) is 83.8 cm³/mol. The van der Waals surface area contributed by atoms with Gasteiger partial charge in [-0.1, -0.05) is 6.07 Å². The number of piperidine rings is 1. The van der Waals surface area contributed by atoms with E-state index in [9.17, 15) is 9.59 Å². The van der Waals surface area contributed by atoms with Gasteiger partial charge in [-0.25, -0.2) is 0 Å². The van der Waals surface area contributed by atoms with E-state index >= 15 is 0 Å². The molecule has 1 saturated heterocycles. The zero-order chi connectivity index (χ0) is 16.7. The third kappa shape index (κ3) is 2.77. The maximum Gasteiger partial charge on any atom is 0.315 e. The van der Waals surface area contributed by atoms with Gasteiger partial charge < -0.3 is 14.6 Å². The second-order valence-corrected chi connectivity index (χ2v) is 7.17. The van der Waals surface area contributed by atoms with Crippen molar-refractivity contribution in [1.82, 2.24) is 9.88 Å². The van der Waals surface area contributed by atoms with Crippen molar-refractivity contribution in [3.63, 3.8) is 0 Å². The van der Waals surface area contributed by atoms with Crippen LogP contribution in [-0.2, 0) is 16.1 Å². The van der Waals surface area contributed by atoms with Crippen LogP contribution in [0.3, 0.4) is 0 Å². The number of hydrogen-bond acceptors (Lipinski definition) is 5. The van der Waals surface area contributed by atoms with Crippen LogP contribution in [0.2, 0.25) is 0 Å². The van der Waals surface area contributed by atoms with Gasteiger partial charge in [-0.3, -0.25) is 9.59 Å². The molecule has 1 N–H and O–H groups in total. The predicted octanol–water partition coefficient (Wildman–Crippen LogP) is 1.16. The number of esters is 1. The van der Waals surface area contributed by atoms with Crippen molar-refractivity contribution in [2.45, 2.75) is 44.8 Å². The van der Waals surface area contributed by atoms with Gasteiger partial charge in [0.15, 0.2) is 0 Å². The summed E-state index contributed by atoms with van der Waals surface area (Å²) in [5.41, 5.74) is -0.671. The van der Waals surface area contributed by atoms with E-state index in [1.807, 2.05) is 12.1 Å². The van der Waals surface area contributed by atoms with Crippen LogP contribution in [0.5, 0.6) is 0 Å². The maximum atomic E-state index is 12.9. The molecule has 0 radical (unpaired) electrons. The summed E-state index contributed by atoms with van der Waals surface area (Å²) < 4.78 is 7.33. The minimum atomic E-state index is -0.824. The van der Waals surface area contributed by atoms with Crippen LogP contribution in [0, 0.1) is 16.7 Å². The van der Waals surface area contributed by atoms with E-state index in [1.54, 1.807) is 24.5 Å². The standard InChI is InChI=1S/C17H21N3O3/c1-16(2,6-7-18)23-15(22)17-8-12(9-19-10-17)13-4-3-5-14(21)20(13)11-17/h3-5,12,19H,6,8-11H2,1-2H3/t12-,17-/m1/s1. The van der Waals surface area contributed by atoms with E-state index in [0.29, 0.717) is 19.5 Å². The molecule has 3 rings (SSSR count). The van der Waals surface area contributed by atoms with Gasteiger partial charge >= 0.3 is 5.97 Å². The lowest BCUT2D eigenvalue weighted by atomic mass is 9.72. The Balaban J connectivity index is 1.93. The molecular weight excluding hydrogens is 294 g/mol. The summed E-state index contributed by atoms with van der Waals surface area (Å²) in [4.78, 5) is 25.0. The van der Waals surface area contributed by atoms with E-state index < -0.39 is 11.0 Å². The topological polar surface area (TPSA) is 84.1 Å². The summed E-state index contributed by atoms with van der Waals surface area (Å²) in [6.45, 7) is 5.04. The lowest BCUT2D eigenvalue weighted by Gasteiger charge is -2.45. The number of hydrogen-bond donors (Lipinski definition) is 1. The van der Waals surface area contributed by atoms with Gasteiger partial charge in [0, 0.05) is 37.3 Å². The summed E-state index contributed by atoms with van der Waals surface area (Å²) >= 11 is 0. The molecule has 0 amide bonds. The molecule has 6 heteroatoms. The third-order valence-corrected chi connectivity index (χ3v) is 4.76. The summed E-state index contributed by atoms with van der Waals surface area (Å²) in [6.07, 6.45) is 0.813. The molecule has 2 aliphatic rings. The molecule has 0 saturated carbocycles. The number of rotatable bonds is 3. The molecule has 1 aromatic heterocycles. The first-order valence-electron chi connectivity index (χ1n) is 7.88. The van der Waals surface area contributed by atoms with Gasteiger partial charge in [0.1, 0.15) is 5.60 Å². The quantitative estimate of drug-likeness (QED) is 0.846. The summed E-state index contributed by atoms with van der Waals surface area (Å²) in [6, 6.07) is 7.29. The van der Waals surface area contributed by atoms with Crippen molar-refractivity contribution in [1.29, 1.82) is 5.26 Å². The number of nitriles is 1. The Kier molecular flexibility index (Phi) is 3.77. The second-order valence-electron chi connectivity index (χ2n) is 7.17. The van der Waals surface area contributed by atoms with Crippen molar-refractivity contribution in [2.24, 2.45) is 5.41 Å². The van der Waals surface area contributed by atoms with Crippen LogP contribution in [0.4, 0.5) is 0 Å². The molecule has 0 aromatic carbocycles. The van der Waals surface area contributed by atoms with Gasteiger partial charge in [0.25, 0.3) is 5.56 Å².